The van der Waals surface area contributed by atoms with Crippen LogP contribution in [0.25, 0.3) is 6.08 Å². The van der Waals surface area contributed by atoms with E-state index in [0.29, 0.717) is 5.56 Å². The lowest BCUT2D eigenvalue weighted by atomic mass is 9.92. The Kier molecular flexibility index (Phi) is 4.54. The van der Waals surface area contributed by atoms with Crippen molar-refractivity contribution in [3.05, 3.63) is 42.0 Å². The molecular weight excluding hydrogens is 264 g/mol. The number of benzene rings is 1. The van der Waals surface area contributed by atoms with E-state index in [2.05, 4.69) is 6.58 Å². The van der Waals surface area contributed by atoms with Crippen molar-refractivity contribution in [3.8, 4) is 0 Å². The Morgan fingerprint density at radius 3 is 2.15 bits per heavy atom. The van der Waals surface area contributed by atoms with Crippen LogP contribution in [0.15, 0.2) is 30.8 Å². The van der Waals surface area contributed by atoms with Crippen LogP contribution in [0.5, 0.6) is 0 Å². The molecule has 1 saturated heterocycles. The van der Waals surface area contributed by atoms with Gasteiger partial charge < -0.3 is 30.3 Å². The van der Waals surface area contributed by atoms with Crippen LogP contribution in [0.2, 0.25) is 0 Å². The fourth-order valence-corrected chi connectivity index (χ4v) is 2.17. The van der Waals surface area contributed by atoms with Gasteiger partial charge in [0.1, 0.15) is 30.5 Å². The van der Waals surface area contributed by atoms with Crippen LogP contribution < -0.4 is 0 Å². The monoisotopic (exact) mass is 282 g/mol. The molecule has 6 atom stereocenters. The van der Waals surface area contributed by atoms with Gasteiger partial charge in [-0.2, -0.15) is 0 Å². The first-order chi connectivity index (χ1) is 9.45. The highest BCUT2D eigenvalue weighted by Gasteiger charge is 2.46. The number of hydrogen-bond acceptors (Lipinski definition) is 6. The molecule has 1 aliphatic rings. The van der Waals surface area contributed by atoms with E-state index in [1.807, 2.05) is 0 Å². The summed E-state index contributed by atoms with van der Waals surface area (Å²) in [6.07, 6.45) is -7.23. The van der Waals surface area contributed by atoms with E-state index in [0.717, 1.165) is 5.56 Å². The molecule has 1 aromatic carbocycles. The van der Waals surface area contributed by atoms with E-state index in [1.165, 1.54) is 0 Å². The summed E-state index contributed by atoms with van der Waals surface area (Å²) in [5, 5.41) is 48.4. The topological polar surface area (TPSA) is 110 Å². The molecule has 0 unspecified atom stereocenters. The molecule has 1 heterocycles. The molecule has 0 amide bonds. The van der Waals surface area contributed by atoms with Gasteiger partial charge >= 0.3 is 0 Å². The van der Waals surface area contributed by atoms with Gasteiger partial charge in [-0.3, -0.25) is 0 Å². The van der Waals surface area contributed by atoms with Crippen LogP contribution in [0, 0.1) is 0 Å². The Bertz CT molecular complexity index is 459. The largest absolute Gasteiger partial charge is 0.387 e. The minimum atomic E-state index is -1.67. The SMILES string of the molecule is C=Cc1ccc([C@@H](O)[C@H]2O[C@H](O)[C@H](O)[C@@H](O)[C@H]2O)cc1. The van der Waals surface area contributed by atoms with Crippen molar-refractivity contribution >= 4 is 6.08 Å². The summed E-state index contributed by atoms with van der Waals surface area (Å²) in [6.45, 7) is 3.61. The molecule has 110 valence electrons. The lowest BCUT2D eigenvalue weighted by Crippen LogP contribution is -2.58. The Hall–Kier alpha value is -1.28. The summed E-state index contributed by atoms with van der Waals surface area (Å²) < 4.78 is 4.98. The van der Waals surface area contributed by atoms with Gasteiger partial charge in [0.05, 0.1) is 0 Å². The summed E-state index contributed by atoms with van der Waals surface area (Å²) >= 11 is 0. The third kappa shape index (κ3) is 2.76. The van der Waals surface area contributed by atoms with Crippen molar-refractivity contribution < 1.29 is 30.3 Å². The number of ether oxygens (including phenoxy) is 1. The highest BCUT2D eigenvalue weighted by molar-refractivity contribution is 5.47. The average Bonchev–Trinajstić information content (AvgIpc) is 2.48. The van der Waals surface area contributed by atoms with E-state index in [-0.39, 0.29) is 0 Å². The van der Waals surface area contributed by atoms with Crippen molar-refractivity contribution in [2.24, 2.45) is 0 Å². The molecule has 0 saturated carbocycles. The molecule has 0 aliphatic carbocycles. The predicted octanol–water partition coefficient (Wildman–Crippen LogP) is -0.837. The molecule has 1 fully saturated rings. The second kappa shape index (κ2) is 6.01. The Morgan fingerprint density at radius 2 is 1.60 bits per heavy atom. The maximum Gasteiger partial charge on any atom is 0.184 e. The average molecular weight is 282 g/mol. The number of rotatable bonds is 3. The van der Waals surface area contributed by atoms with Gasteiger partial charge in [-0.25, -0.2) is 0 Å². The quantitative estimate of drug-likeness (QED) is 0.494. The van der Waals surface area contributed by atoms with Gasteiger partial charge in [0.15, 0.2) is 6.29 Å². The molecule has 0 bridgehead atoms. The first-order valence-electron chi connectivity index (χ1n) is 6.24. The van der Waals surface area contributed by atoms with E-state index >= 15 is 0 Å². The van der Waals surface area contributed by atoms with Crippen LogP contribution in [0.3, 0.4) is 0 Å². The zero-order valence-electron chi connectivity index (χ0n) is 10.7. The molecule has 0 radical (unpaired) electrons. The standard InChI is InChI=1S/C14H18O6/c1-2-7-3-5-8(6-4-7)9(15)13-11(17)10(16)12(18)14(19)20-13/h2-6,9-19H,1H2/t9-,10+,11-,12-,13-,14+/m1/s1. The van der Waals surface area contributed by atoms with Gasteiger partial charge in [0.2, 0.25) is 0 Å². The zero-order chi connectivity index (χ0) is 14.9. The van der Waals surface area contributed by atoms with Crippen molar-refractivity contribution in [1.82, 2.24) is 0 Å². The van der Waals surface area contributed by atoms with Crippen molar-refractivity contribution in [1.29, 1.82) is 0 Å². The second-order valence-electron chi connectivity index (χ2n) is 4.78. The maximum atomic E-state index is 10.2. The Balaban J connectivity index is 2.18. The molecule has 1 aliphatic heterocycles. The van der Waals surface area contributed by atoms with Crippen LogP contribution >= 0.6 is 0 Å². The van der Waals surface area contributed by atoms with E-state index in [4.69, 9.17) is 4.74 Å². The van der Waals surface area contributed by atoms with Crippen molar-refractivity contribution in [2.75, 3.05) is 0 Å². The summed E-state index contributed by atoms with van der Waals surface area (Å²) in [6, 6.07) is 6.70. The molecule has 6 nitrogen and oxygen atoms in total. The Labute approximate surface area is 116 Å². The second-order valence-corrected chi connectivity index (χ2v) is 4.78. The third-order valence-corrected chi connectivity index (χ3v) is 3.45. The first-order valence-corrected chi connectivity index (χ1v) is 6.24. The first kappa shape index (κ1) is 15.1. The molecule has 0 aromatic heterocycles. The molecule has 0 spiro atoms. The van der Waals surface area contributed by atoms with Gasteiger partial charge in [0, 0.05) is 0 Å². The smallest absolute Gasteiger partial charge is 0.184 e. The number of aliphatic hydroxyl groups is 5. The van der Waals surface area contributed by atoms with E-state index in [9.17, 15) is 25.5 Å². The summed E-state index contributed by atoms with van der Waals surface area (Å²) in [4.78, 5) is 0. The predicted molar refractivity (Wildman–Crippen MR) is 70.4 cm³/mol. The van der Waals surface area contributed by atoms with Gasteiger partial charge in [-0.15, -0.1) is 0 Å². The molecule has 5 N–H and O–H groups in total. The Morgan fingerprint density at radius 1 is 1.00 bits per heavy atom. The van der Waals surface area contributed by atoms with Crippen LogP contribution in [0.4, 0.5) is 0 Å². The molecule has 20 heavy (non-hydrogen) atoms. The summed E-state index contributed by atoms with van der Waals surface area (Å²) in [7, 11) is 0. The molecule has 1 aromatic rings. The van der Waals surface area contributed by atoms with Crippen LogP contribution in [-0.4, -0.2) is 56.2 Å². The van der Waals surface area contributed by atoms with Crippen LogP contribution in [0.1, 0.15) is 17.2 Å². The summed E-state index contributed by atoms with van der Waals surface area (Å²) in [5.41, 5.74) is 1.32. The van der Waals surface area contributed by atoms with E-state index < -0.39 is 36.8 Å². The molecular formula is C14H18O6. The van der Waals surface area contributed by atoms with Crippen LogP contribution in [-0.2, 0) is 4.74 Å². The van der Waals surface area contributed by atoms with Gasteiger partial charge in [-0.1, -0.05) is 36.9 Å². The van der Waals surface area contributed by atoms with Gasteiger partial charge in [-0.05, 0) is 11.1 Å². The minimum Gasteiger partial charge on any atom is -0.387 e. The molecule has 2 rings (SSSR count). The number of aliphatic hydroxyl groups excluding tert-OH is 5. The number of hydrogen-bond donors (Lipinski definition) is 5. The highest BCUT2D eigenvalue weighted by atomic mass is 16.6. The highest BCUT2D eigenvalue weighted by Crippen LogP contribution is 2.29. The maximum absolute atomic E-state index is 10.2. The fourth-order valence-electron chi connectivity index (χ4n) is 2.17. The molecule has 6 heteroatoms. The van der Waals surface area contributed by atoms with Crippen molar-refractivity contribution in [3.63, 3.8) is 0 Å². The normalized spacial score (nSPS) is 35.5. The zero-order valence-corrected chi connectivity index (χ0v) is 10.7. The van der Waals surface area contributed by atoms with Gasteiger partial charge in [0.25, 0.3) is 0 Å². The van der Waals surface area contributed by atoms with Crippen molar-refractivity contribution in [2.45, 2.75) is 36.8 Å². The van der Waals surface area contributed by atoms with E-state index in [1.54, 1.807) is 30.3 Å². The fraction of sp³-hybridized carbons (Fsp3) is 0.429. The third-order valence-electron chi connectivity index (χ3n) is 3.45. The minimum absolute atomic E-state index is 0.454. The summed E-state index contributed by atoms with van der Waals surface area (Å²) in [5.74, 6) is 0. The lowest BCUT2D eigenvalue weighted by Gasteiger charge is -2.40. The lowest BCUT2D eigenvalue weighted by molar-refractivity contribution is -0.297.